The number of hydrogen-bond donors (Lipinski definition) is 1. The van der Waals surface area contributed by atoms with Gasteiger partial charge in [-0.15, -0.1) is 5.10 Å². The molecule has 6 heteroatoms. The second-order valence-electron chi connectivity index (χ2n) is 4.01. The van der Waals surface area contributed by atoms with E-state index in [9.17, 15) is 0 Å². The van der Waals surface area contributed by atoms with Crippen LogP contribution >= 0.6 is 15.9 Å². The maximum Gasteiger partial charge on any atom is 0.153 e. The lowest BCUT2D eigenvalue weighted by Crippen LogP contribution is -2.23. The van der Waals surface area contributed by atoms with E-state index >= 15 is 0 Å². The summed E-state index contributed by atoms with van der Waals surface area (Å²) in [6.07, 6.45) is 2.76. The summed E-state index contributed by atoms with van der Waals surface area (Å²) in [5.74, 6) is 0. The van der Waals surface area contributed by atoms with Gasteiger partial charge in [0.2, 0.25) is 0 Å². The highest BCUT2D eigenvalue weighted by Crippen LogP contribution is 2.27. The number of hydrogen-bond acceptors (Lipinski definition) is 4. The van der Waals surface area contributed by atoms with Gasteiger partial charge in [-0.1, -0.05) is 18.2 Å². The molecule has 1 atom stereocenters. The van der Waals surface area contributed by atoms with Crippen molar-refractivity contribution < 1.29 is 0 Å². The first-order valence-electron chi connectivity index (χ1n) is 5.85. The predicted molar refractivity (Wildman–Crippen MR) is 73.2 cm³/mol. The molecule has 0 amide bonds. The molecule has 1 unspecified atom stereocenters. The first-order chi connectivity index (χ1) is 8.69. The highest BCUT2D eigenvalue weighted by atomic mass is 79.9. The minimum atomic E-state index is -0.0180. The van der Waals surface area contributed by atoms with Gasteiger partial charge in [0, 0.05) is 13.2 Å². The minimum absolute atomic E-state index is 0.0180. The molecule has 0 fully saturated rings. The summed E-state index contributed by atoms with van der Waals surface area (Å²) in [4.78, 5) is 4.51. The summed E-state index contributed by atoms with van der Waals surface area (Å²) in [7, 11) is 3.80. The fourth-order valence-corrected chi connectivity index (χ4v) is 2.61. The molecule has 0 bridgehead atoms. The molecular formula is C12H16BrN5. The van der Waals surface area contributed by atoms with E-state index in [-0.39, 0.29) is 6.04 Å². The first-order valence-corrected chi connectivity index (χ1v) is 6.64. The van der Waals surface area contributed by atoms with Crippen molar-refractivity contribution in [2.24, 2.45) is 7.05 Å². The SMILES string of the molecule is CCc1cccnc1C(NC)c1c(Br)nnn1C. The van der Waals surface area contributed by atoms with Crippen LogP contribution in [0.15, 0.2) is 22.9 Å². The van der Waals surface area contributed by atoms with Gasteiger partial charge in [-0.25, -0.2) is 4.68 Å². The second-order valence-corrected chi connectivity index (χ2v) is 4.76. The van der Waals surface area contributed by atoms with E-state index in [0.29, 0.717) is 0 Å². The summed E-state index contributed by atoms with van der Waals surface area (Å²) in [5.41, 5.74) is 3.23. The summed E-state index contributed by atoms with van der Waals surface area (Å²) in [6.45, 7) is 2.13. The minimum Gasteiger partial charge on any atom is -0.307 e. The summed E-state index contributed by atoms with van der Waals surface area (Å²) < 4.78 is 2.51. The maximum absolute atomic E-state index is 4.51. The number of halogens is 1. The van der Waals surface area contributed by atoms with Crippen LogP contribution in [0.4, 0.5) is 0 Å². The summed E-state index contributed by atoms with van der Waals surface area (Å²) in [5, 5.41) is 11.3. The van der Waals surface area contributed by atoms with Crippen LogP contribution in [0, 0.1) is 0 Å². The van der Waals surface area contributed by atoms with Gasteiger partial charge in [-0.3, -0.25) is 4.98 Å². The van der Waals surface area contributed by atoms with Gasteiger partial charge in [-0.2, -0.15) is 0 Å². The van der Waals surface area contributed by atoms with E-state index in [2.05, 4.69) is 49.5 Å². The zero-order chi connectivity index (χ0) is 13.1. The molecule has 2 heterocycles. The molecule has 2 rings (SSSR count). The largest absolute Gasteiger partial charge is 0.307 e. The number of aryl methyl sites for hydroxylation is 2. The molecular weight excluding hydrogens is 294 g/mol. The number of pyridine rings is 1. The van der Waals surface area contributed by atoms with Gasteiger partial charge in [0.15, 0.2) is 4.60 Å². The molecule has 0 aromatic carbocycles. The van der Waals surface area contributed by atoms with Crippen LogP contribution in [0.5, 0.6) is 0 Å². The Morgan fingerprint density at radius 1 is 1.50 bits per heavy atom. The Balaban J connectivity index is 2.52. The van der Waals surface area contributed by atoms with E-state index < -0.39 is 0 Å². The van der Waals surface area contributed by atoms with Crippen LogP contribution in [-0.4, -0.2) is 27.0 Å². The van der Waals surface area contributed by atoms with Gasteiger partial charge in [-0.05, 0) is 41.0 Å². The van der Waals surface area contributed by atoms with E-state index in [1.165, 1.54) is 5.56 Å². The third kappa shape index (κ3) is 2.30. The highest BCUT2D eigenvalue weighted by Gasteiger charge is 2.23. The molecule has 2 aromatic rings. The van der Waals surface area contributed by atoms with E-state index in [4.69, 9.17) is 0 Å². The van der Waals surface area contributed by atoms with Crippen LogP contribution in [0.3, 0.4) is 0 Å². The third-order valence-electron chi connectivity index (χ3n) is 2.97. The van der Waals surface area contributed by atoms with Crippen molar-refractivity contribution >= 4 is 15.9 Å². The Kier molecular flexibility index (Phi) is 4.08. The van der Waals surface area contributed by atoms with Crippen LogP contribution in [0.1, 0.15) is 29.9 Å². The molecule has 18 heavy (non-hydrogen) atoms. The fourth-order valence-electron chi connectivity index (χ4n) is 2.06. The molecule has 0 saturated carbocycles. The topological polar surface area (TPSA) is 55.6 Å². The molecule has 0 aliphatic heterocycles. The van der Waals surface area contributed by atoms with E-state index in [1.54, 1.807) is 4.68 Å². The maximum atomic E-state index is 4.51. The Labute approximate surface area is 115 Å². The first kappa shape index (κ1) is 13.2. The molecule has 0 spiro atoms. The Morgan fingerprint density at radius 3 is 2.83 bits per heavy atom. The van der Waals surface area contributed by atoms with Crippen molar-refractivity contribution in [1.82, 2.24) is 25.3 Å². The lowest BCUT2D eigenvalue weighted by molar-refractivity contribution is 0.582. The number of nitrogens with one attached hydrogen (secondary N) is 1. The average molecular weight is 310 g/mol. The van der Waals surface area contributed by atoms with Crippen molar-refractivity contribution in [3.63, 3.8) is 0 Å². The quantitative estimate of drug-likeness (QED) is 0.936. The molecule has 5 nitrogen and oxygen atoms in total. The Hall–Kier alpha value is -1.27. The lowest BCUT2D eigenvalue weighted by atomic mass is 10.0. The van der Waals surface area contributed by atoms with Gasteiger partial charge >= 0.3 is 0 Å². The molecule has 2 aromatic heterocycles. The van der Waals surface area contributed by atoms with E-state index in [1.807, 2.05) is 26.4 Å². The van der Waals surface area contributed by atoms with Crippen molar-refractivity contribution in [2.45, 2.75) is 19.4 Å². The van der Waals surface area contributed by atoms with Crippen LogP contribution < -0.4 is 5.32 Å². The van der Waals surface area contributed by atoms with Crippen LogP contribution in [0.25, 0.3) is 0 Å². The predicted octanol–water partition coefficient (Wildman–Crippen LogP) is 1.84. The molecule has 0 aliphatic carbocycles. The monoisotopic (exact) mass is 309 g/mol. The molecule has 1 N–H and O–H groups in total. The summed E-state index contributed by atoms with van der Waals surface area (Å²) in [6, 6.07) is 4.05. The Morgan fingerprint density at radius 2 is 2.28 bits per heavy atom. The van der Waals surface area contributed by atoms with Gasteiger partial charge in [0.05, 0.1) is 17.4 Å². The fraction of sp³-hybridized carbons (Fsp3) is 0.417. The molecule has 0 aliphatic rings. The summed E-state index contributed by atoms with van der Waals surface area (Å²) >= 11 is 3.44. The van der Waals surface area contributed by atoms with Crippen molar-refractivity contribution in [1.29, 1.82) is 0 Å². The number of nitrogens with zero attached hydrogens (tertiary/aromatic N) is 4. The number of aromatic nitrogens is 4. The van der Waals surface area contributed by atoms with Crippen LogP contribution in [0.2, 0.25) is 0 Å². The van der Waals surface area contributed by atoms with Gasteiger partial charge in [0.25, 0.3) is 0 Å². The molecule has 0 radical (unpaired) electrons. The number of rotatable bonds is 4. The average Bonchev–Trinajstić information content (AvgIpc) is 2.72. The highest BCUT2D eigenvalue weighted by molar-refractivity contribution is 9.10. The standard InChI is InChI=1S/C12H16BrN5/c1-4-8-6-5-7-15-9(8)10(14-2)11-12(13)16-17-18(11)3/h5-7,10,14H,4H2,1-3H3. The lowest BCUT2D eigenvalue weighted by Gasteiger charge is -2.18. The zero-order valence-electron chi connectivity index (χ0n) is 10.7. The zero-order valence-corrected chi connectivity index (χ0v) is 12.3. The smallest absolute Gasteiger partial charge is 0.153 e. The second kappa shape index (κ2) is 5.58. The normalized spacial score (nSPS) is 12.7. The van der Waals surface area contributed by atoms with Gasteiger partial charge < -0.3 is 5.32 Å². The molecule has 96 valence electrons. The van der Waals surface area contributed by atoms with Gasteiger partial charge in [0.1, 0.15) is 0 Å². The molecule has 0 saturated heterocycles. The van der Waals surface area contributed by atoms with Crippen molar-refractivity contribution in [3.05, 3.63) is 39.9 Å². The van der Waals surface area contributed by atoms with Crippen LogP contribution in [-0.2, 0) is 13.5 Å². The Bertz CT molecular complexity index is 518. The van der Waals surface area contributed by atoms with E-state index in [0.717, 1.165) is 22.4 Å². The third-order valence-corrected chi connectivity index (χ3v) is 3.53. The van der Waals surface area contributed by atoms with Crippen molar-refractivity contribution in [2.75, 3.05) is 7.05 Å². The van der Waals surface area contributed by atoms with Crippen molar-refractivity contribution in [3.8, 4) is 0 Å².